The Morgan fingerprint density at radius 2 is 1.88 bits per heavy atom. The number of aryl methyl sites for hydroxylation is 1. The van der Waals surface area contributed by atoms with Crippen LogP contribution in [0.15, 0.2) is 42.5 Å². The minimum Gasteiger partial charge on any atom is -0.478 e. The average Bonchev–Trinajstić information content (AvgIpc) is 2.57. The van der Waals surface area contributed by atoms with E-state index < -0.39 is 10.9 Å². The average molecular weight is 360 g/mol. The maximum Gasteiger partial charge on any atom is 0.335 e. The van der Waals surface area contributed by atoms with E-state index in [0.717, 1.165) is 5.56 Å². The van der Waals surface area contributed by atoms with E-state index in [1.165, 1.54) is 36.0 Å². The molecule has 0 unspecified atom stereocenters. The van der Waals surface area contributed by atoms with Crippen LogP contribution in [0.3, 0.4) is 0 Å². The van der Waals surface area contributed by atoms with Crippen LogP contribution >= 0.6 is 11.8 Å². The summed E-state index contributed by atoms with van der Waals surface area (Å²) in [5.74, 6) is -0.433. The summed E-state index contributed by atoms with van der Waals surface area (Å²) in [6.45, 7) is 1.73. The van der Waals surface area contributed by atoms with Gasteiger partial charge < -0.3 is 10.4 Å². The lowest BCUT2D eigenvalue weighted by Gasteiger charge is -2.09. The number of carbonyl (C=O) groups excluding carboxylic acids is 1. The minimum absolute atomic E-state index is 0.0341. The van der Waals surface area contributed by atoms with Crippen molar-refractivity contribution < 1.29 is 19.6 Å². The van der Waals surface area contributed by atoms with Gasteiger partial charge in [0.1, 0.15) is 0 Å². The largest absolute Gasteiger partial charge is 0.478 e. The fourth-order valence-corrected chi connectivity index (χ4v) is 2.89. The Balaban J connectivity index is 1.84. The van der Waals surface area contributed by atoms with Crippen LogP contribution in [0, 0.1) is 17.0 Å². The van der Waals surface area contributed by atoms with E-state index in [1.807, 2.05) is 0 Å². The Labute approximate surface area is 148 Å². The van der Waals surface area contributed by atoms with Crippen LogP contribution in [0.1, 0.15) is 21.5 Å². The van der Waals surface area contributed by atoms with Crippen LogP contribution < -0.4 is 5.32 Å². The molecule has 0 fully saturated rings. The molecular weight excluding hydrogens is 344 g/mol. The number of nitro groups is 1. The van der Waals surface area contributed by atoms with Gasteiger partial charge in [-0.1, -0.05) is 12.1 Å². The molecule has 2 N–H and O–H groups in total. The van der Waals surface area contributed by atoms with Crippen molar-refractivity contribution in [2.24, 2.45) is 0 Å². The number of benzene rings is 2. The van der Waals surface area contributed by atoms with Gasteiger partial charge in [-0.3, -0.25) is 14.9 Å². The van der Waals surface area contributed by atoms with Crippen molar-refractivity contribution in [3.63, 3.8) is 0 Å². The van der Waals surface area contributed by atoms with Crippen molar-refractivity contribution in [2.45, 2.75) is 12.7 Å². The predicted molar refractivity (Wildman–Crippen MR) is 96.0 cm³/mol. The van der Waals surface area contributed by atoms with E-state index in [0.29, 0.717) is 17.0 Å². The van der Waals surface area contributed by atoms with E-state index in [2.05, 4.69) is 5.32 Å². The number of hydrogen-bond acceptors (Lipinski definition) is 5. The van der Waals surface area contributed by atoms with E-state index in [4.69, 9.17) is 5.11 Å². The lowest BCUT2D eigenvalue weighted by Crippen LogP contribution is -2.15. The van der Waals surface area contributed by atoms with Crippen LogP contribution in [-0.4, -0.2) is 27.7 Å². The first-order valence-electron chi connectivity index (χ1n) is 7.31. The number of nitrogens with one attached hydrogen (secondary N) is 1. The zero-order valence-electron chi connectivity index (χ0n) is 13.4. The first kappa shape index (κ1) is 18.5. The van der Waals surface area contributed by atoms with Crippen LogP contribution in [0.5, 0.6) is 0 Å². The Bertz CT molecular complexity index is 805. The third-order valence-corrected chi connectivity index (χ3v) is 4.40. The number of nitrogens with zero attached hydrogens (tertiary/aromatic N) is 1. The summed E-state index contributed by atoms with van der Waals surface area (Å²) >= 11 is 1.39. The summed E-state index contributed by atoms with van der Waals surface area (Å²) < 4.78 is 0. The van der Waals surface area contributed by atoms with Gasteiger partial charge in [-0.2, -0.15) is 0 Å². The molecule has 2 aromatic rings. The Kier molecular flexibility index (Phi) is 6.13. The van der Waals surface area contributed by atoms with Crippen LogP contribution in [0.25, 0.3) is 0 Å². The quantitative estimate of drug-likeness (QED) is 0.578. The third-order valence-electron chi connectivity index (χ3n) is 3.40. The highest BCUT2D eigenvalue weighted by Crippen LogP contribution is 2.19. The molecule has 0 heterocycles. The van der Waals surface area contributed by atoms with E-state index in [9.17, 15) is 19.7 Å². The smallest absolute Gasteiger partial charge is 0.335 e. The molecule has 0 aliphatic heterocycles. The highest BCUT2D eigenvalue weighted by Gasteiger charge is 2.09. The Morgan fingerprint density at radius 3 is 2.44 bits per heavy atom. The van der Waals surface area contributed by atoms with Gasteiger partial charge in [-0.15, -0.1) is 11.8 Å². The normalized spacial score (nSPS) is 10.3. The van der Waals surface area contributed by atoms with E-state index >= 15 is 0 Å². The maximum atomic E-state index is 12.0. The van der Waals surface area contributed by atoms with Crippen molar-refractivity contribution in [3.05, 3.63) is 69.3 Å². The lowest BCUT2D eigenvalue weighted by atomic mass is 10.1. The molecule has 2 rings (SSSR count). The predicted octanol–water partition coefficient (Wildman–Crippen LogP) is 3.47. The molecule has 0 atom stereocenters. The van der Waals surface area contributed by atoms with Gasteiger partial charge in [0.25, 0.3) is 5.69 Å². The molecule has 1 amide bonds. The fraction of sp³-hybridized carbons (Fsp3) is 0.176. The molecule has 7 nitrogen and oxygen atoms in total. The van der Waals surface area contributed by atoms with E-state index in [-0.39, 0.29) is 22.9 Å². The number of carboxylic acid groups (broad SMARTS) is 1. The number of hydrogen-bond donors (Lipinski definition) is 2. The molecule has 0 saturated carbocycles. The number of carboxylic acids is 1. The van der Waals surface area contributed by atoms with Crippen molar-refractivity contribution >= 4 is 35.0 Å². The van der Waals surface area contributed by atoms with Crippen molar-refractivity contribution in [1.29, 1.82) is 0 Å². The third kappa shape index (κ3) is 5.32. The summed E-state index contributed by atoms with van der Waals surface area (Å²) in [6.07, 6.45) is 0. The molecule has 2 aromatic carbocycles. The first-order valence-corrected chi connectivity index (χ1v) is 8.47. The molecule has 0 radical (unpaired) electrons. The van der Waals surface area contributed by atoms with Gasteiger partial charge >= 0.3 is 5.97 Å². The van der Waals surface area contributed by atoms with Gasteiger partial charge in [0.05, 0.1) is 16.2 Å². The number of non-ortho nitro benzene ring substituents is 1. The molecule has 0 aliphatic rings. The van der Waals surface area contributed by atoms with Gasteiger partial charge in [-0.05, 0) is 36.2 Å². The highest BCUT2D eigenvalue weighted by molar-refractivity contribution is 7.99. The Hall–Kier alpha value is -2.87. The summed E-state index contributed by atoms with van der Waals surface area (Å²) in [6, 6.07) is 10.7. The van der Waals surface area contributed by atoms with E-state index in [1.54, 1.807) is 25.1 Å². The van der Waals surface area contributed by atoms with Crippen molar-refractivity contribution in [3.8, 4) is 0 Å². The minimum atomic E-state index is -1.01. The SMILES string of the molecule is Cc1cc(C(=O)O)ccc1NC(=O)CSCc1ccc([N+](=O)[O-])cc1. The molecule has 130 valence electrons. The summed E-state index contributed by atoms with van der Waals surface area (Å²) in [4.78, 5) is 33.0. The van der Waals surface area contributed by atoms with Gasteiger partial charge in [0.15, 0.2) is 0 Å². The molecule has 0 aliphatic carbocycles. The highest BCUT2D eigenvalue weighted by atomic mass is 32.2. The molecule has 8 heteroatoms. The molecular formula is C17H16N2O5S. The summed E-state index contributed by atoms with van der Waals surface area (Å²) in [7, 11) is 0. The molecule has 25 heavy (non-hydrogen) atoms. The Morgan fingerprint density at radius 1 is 1.20 bits per heavy atom. The molecule has 0 bridgehead atoms. The number of anilines is 1. The molecule has 0 aromatic heterocycles. The van der Waals surface area contributed by atoms with Gasteiger partial charge in [0, 0.05) is 23.6 Å². The number of amides is 1. The van der Waals surface area contributed by atoms with Crippen LogP contribution in [0.4, 0.5) is 11.4 Å². The number of nitro benzene ring substituents is 1. The zero-order chi connectivity index (χ0) is 18.4. The summed E-state index contributed by atoms with van der Waals surface area (Å²) in [5.41, 5.74) is 2.35. The van der Waals surface area contributed by atoms with Crippen molar-refractivity contribution in [2.75, 3.05) is 11.1 Å². The topological polar surface area (TPSA) is 110 Å². The summed E-state index contributed by atoms with van der Waals surface area (Å²) in [5, 5.41) is 22.3. The van der Waals surface area contributed by atoms with Crippen molar-refractivity contribution in [1.82, 2.24) is 0 Å². The second-order valence-corrected chi connectivity index (χ2v) is 6.28. The van der Waals surface area contributed by atoms with Crippen LogP contribution in [-0.2, 0) is 10.5 Å². The van der Waals surface area contributed by atoms with Crippen LogP contribution in [0.2, 0.25) is 0 Å². The first-order chi connectivity index (χ1) is 11.9. The zero-order valence-corrected chi connectivity index (χ0v) is 14.2. The number of aromatic carboxylic acids is 1. The maximum absolute atomic E-state index is 12.0. The standard InChI is InChI=1S/C17H16N2O5S/c1-11-8-13(17(21)22)4-7-15(11)18-16(20)10-25-9-12-2-5-14(6-3-12)19(23)24/h2-8H,9-10H2,1H3,(H,18,20)(H,21,22). The number of thioether (sulfide) groups is 1. The number of carbonyl (C=O) groups is 2. The number of rotatable bonds is 7. The molecule has 0 saturated heterocycles. The van der Waals surface area contributed by atoms with Gasteiger partial charge in [0.2, 0.25) is 5.91 Å². The lowest BCUT2D eigenvalue weighted by molar-refractivity contribution is -0.384. The second-order valence-electron chi connectivity index (χ2n) is 5.30. The monoisotopic (exact) mass is 360 g/mol. The molecule has 0 spiro atoms. The van der Waals surface area contributed by atoms with Gasteiger partial charge in [-0.25, -0.2) is 4.79 Å². The fourth-order valence-electron chi connectivity index (χ4n) is 2.10. The second kappa shape index (κ2) is 8.29.